The van der Waals surface area contributed by atoms with Crippen molar-refractivity contribution >= 4 is 17.8 Å². The zero-order chi connectivity index (χ0) is 25.3. The number of ether oxygens (including phenoxy) is 1. The quantitative estimate of drug-likeness (QED) is 0.411. The molecule has 0 bridgehead atoms. The molecule has 1 aliphatic rings. The van der Waals surface area contributed by atoms with E-state index in [9.17, 15) is 9.59 Å². The third-order valence-electron chi connectivity index (χ3n) is 6.95. The Morgan fingerprint density at radius 2 is 1.78 bits per heavy atom. The highest BCUT2D eigenvalue weighted by Gasteiger charge is 2.27. The lowest BCUT2D eigenvalue weighted by Crippen LogP contribution is -2.37. The van der Waals surface area contributed by atoms with Crippen LogP contribution in [-0.2, 0) is 16.0 Å². The summed E-state index contributed by atoms with van der Waals surface area (Å²) in [7, 11) is 1.31. The van der Waals surface area contributed by atoms with Crippen LogP contribution in [0.4, 0.5) is 10.6 Å². The number of rotatable bonds is 8. The Morgan fingerprint density at radius 3 is 2.44 bits per heavy atom. The summed E-state index contributed by atoms with van der Waals surface area (Å²) in [6.07, 6.45) is 5.69. The number of aromatic nitrogens is 1. The molecular formula is C29H34N4O3. The van der Waals surface area contributed by atoms with Gasteiger partial charge < -0.3 is 15.8 Å². The van der Waals surface area contributed by atoms with Crippen molar-refractivity contribution in [3.05, 3.63) is 84.1 Å². The van der Waals surface area contributed by atoms with Crippen molar-refractivity contribution < 1.29 is 14.3 Å². The second kappa shape index (κ2) is 12.3. The maximum Gasteiger partial charge on any atom is 0.412 e. The molecule has 0 spiro atoms. The normalized spacial score (nSPS) is 18.2. The lowest BCUT2D eigenvalue weighted by Gasteiger charge is -2.29. The smallest absolute Gasteiger partial charge is 0.412 e. The molecule has 188 valence electrons. The highest BCUT2D eigenvalue weighted by Crippen LogP contribution is 2.30. The molecule has 1 aliphatic carbocycles. The summed E-state index contributed by atoms with van der Waals surface area (Å²) in [5, 5.41) is 5.90. The van der Waals surface area contributed by atoms with Gasteiger partial charge in [-0.25, -0.2) is 9.78 Å². The van der Waals surface area contributed by atoms with Crippen molar-refractivity contribution in [1.82, 2.24) is 10.3 Å². The lowest BCUT2D eigenvalue weighted by atomic mass is 9.81. The van der Waals surface area contributed by atoms with E-state index in [4.69, 9.17) is 5.73 Å². The third-order valence-corrected chi connectivity index (χ3v) is 6.95. The van der Waals surface area contributed by atoms with Crippen LogP contribution in [0.3, 0.4) is 0 Å². The number of methoxy groups -OCH3 is 1. The average molecular weight is 487 g/mol. The van der Waals surface area contributed by atoms with Crippen LogP contribution in [0.15, 0.2) is 72.9 Å². The SMILES string of the molecule is COC(=O)Nc1ccc(-c2cccc(CC(NC(=O)C3CCC(CN)CC3)c3ccccc3)c2)cn1. The Hall–Kier alpha value is -3.71. The molecular weight excluding hydrogens is 452 g/mol. The summed E-state index contributed by atoms with van der Waals surface area (Å²) >= 11 is 0. The Kier molecular flexibility index (Phi) is 8.68. The van der Waals surface area contributed by atoms with Gasteiger partial charge in [-0.3, -0.25) is 10.1 Å². The van der Waals surface area contributed by atoms with Gasteiger partial charge in [0.05, 0.1) is 13.2 Å². The second-order valence-corrected chi connectivity index (χ2v) is 9.38. The number of carbonyl (C=O) groups excluding carboxylic acids is 2. The van der Waals surface area contributed by atoms with Gasteiger partial charge in [0.1, 0.15) is 5.82 Å². The van der Waals surface area contributed by atoms with Gasteiger partial charge in [0.15, 0.2) is 0 Å². The van der Waals surface area contributed by atoms with E-state index in [1.807, 2.05) is 36.4 Å². The largest absolute Gasteiger partial charge is 0.453 e. The van der Waals surface area contributed by atoms with Crippen LogP contribution in [-0.4, -0.2) is 30.6 Å². The first-order chi connectivity index (χ1) is 17.6. The van der Waals surface area contributed by atoms with E-state index in [1.54, 1.807) is 12.3 Å². The van der Waals surface area contributed by atoms with Crippen LogP contribution in [0, 0.1) is 11.8 Å². The van der Waals surface area contributed by atoms with E-state index >= 15 is 0 Å². The number of hydrogen-bond acceptors (Lipinski definition) is 5. The molecule has 1 unspecified atom stereocenters. The maximum atomic E-state index is 13.2. The molecule has 4 rings (SSSR count). The summed E-state index contributed by atoms with van der Waals surface area (Å²) in [5.74, 6) is 1.15. The molecule has 0 saturated heterocycles. The summed E-state index contributed by atoms with van der Waals surface area (Å²) in [6.45, 7) is 0.706. The number of carbonyl (C=O) groups is 2. The molecule has 3 aromatic rings. The molecule has 4 N–H and O–H groups in total. The van der Waals surface area contributed by atoms with Crippen molar-refractivity contribution in [2.75, 3.05) is 19.0 Å². The van der Waals surface area contributed by atoms with Gasteiger partial charge >= 0.3 is 6.09 Å². The maximum absolute atomic E-state index is 13.2. The Morgan fingerprint density at radius 1 is 1.00 bits per heavy atom. The molecule has 7 nitrogen and oxygen atoms in total. The molecule has 0 radical (unpaired) electrons. The first-order valence-corrected chi connectivity index (χ1v) is 12.5. The molecule has 36 heavy (non-hydrogen) atoms. The van der Waals surface area contributed by atoms with Crippen molar-refractivity contribution in [2.45, 2.75) is 38.1 Å². The number of nitrogens with two attached hydrogens (primary N) is 1. The van der Waals surface area contributed by atoms with E-state index in [1.165, 1.54) is 7.11 Å². The van der Waals surface area contributed by atoms with Gasteiger partial charge in [0.25, 0.3) is 0 Å². The van der Waals surface area contributed by atoms with Crippen LogP contribution in [0.5, 0.6) is 0 Å². The van der Waals surface area contributed by atoms with Gasteiger partial charge in [-0.05, 0) is 73.4 Å². The molecule has 2 aromatic carbocycles. The molecule has 1 atom stereocenters. The first-order valence-electron chi connectivity index (χ1n) is 12.5. The summed E-state index contributed by atoms with van der Waals surface area (Å²) in [5.41, 5.74) is 9.98. The van der Waals surface area contributed by atoms with Gasteiger partial charge in [-0.1, -0.05) is 54.6 Å². The Balaban J connectivity index is 1.48. The molecule has 1 heterocycles. The van der Waals surface area contributed by atoms with Gasteiger partial charge in [0, 0.05) is 17.7 Å². The van der Waals surface area contributed by atoms with Crippen LogP contribution in [0.1, 0.15) is 42.9 Å². The molecule has 0 aliphatic heterocycles. The second-order valence-electron chi connectivity index (χ2n) is 9.38. The van der Waals surface area contributed by atoms with Crippen molar-refractivity contribution in [3.8, 4) is 11.1 Å². The minimum atomic E-state index is -0.557. The monoisotopic (exact) mass is 486 g/mol. The zero-order valence-electron chi connectivity index (χ0n) is 20.7. The van der Waals surface area contributed by atoms with Crippen molar-refractivity contribution in [1.29, 1.82) is 0 Å². The summed E-state index contributed by atoms with van der Waals surface area (Å²) in [4.78, 5) is 28.9. The van der Waals surface area contributed by atoms with Crippen LogP contribution < -0.4 is 16.4 Å². The van der Waals surface area contributed by atoms with Gasteiger partial charge in [-0.2, -0.15) is 0 Å². The third kappa shape index (κ3) is 6.70. The zero-order valence-corrected chi connectivity index (χ0v) is 20.7. The molecule has 2 amide bonds. The van der Waals surface area contributed by atoms with E-state index in [0.717, 1.165) is 47.9 Å². The number of amides is 2. The van der Waals surface area contributed by atoms with Crippen LogP contribution in [0.25, 0.3) is 11.1 Å². The molecule has 1 fully saturated rings. The van der Waals surface area contributed by atoms with Crippen molar-refractivity contribution in [2.24, 2.45) is 17.6 Å². The Labute approximate surface area is 212 Å². The van der Waals surface area contributed by atoms with Crippen molar-refractivity contribution in [3.63, 3.8) is 0 Å². The van der Waals surface area contributed by atoms with E-state index in [2.05, 4.69) is 44.6 Å². The Bertz CT molecular complexity index is 1140. The number of pyridine rings is 1. The van der Waals surface area contributed by atoms with Crippen LogP contribution in [0.2, 0.25) is 0 Å². The van der Waals surface area contributed by atoms with E-state index < -0.39 is 6.09 Å². The van der Waals surface area contributed by atoms with E-state index in [-0.39, 0.29) is 17.9 Å². The minimum absolute atomic E-state index is 0.0496. The topological polar surface area (TPSA) is 106 Å². The number of benzene rings is 2. The van der Waals surface area contributed by atoms with E-state index in [0.29, 0.717) is 24.7 Å². The number of hydrogen-bond donors (Lipinski definition) is 3. The number of nitrogens with one attached hydrogen (secondary N) is 2. The first kappa shape index (κ1) is 25.4. The fourth-order valence-corrected chi connectivity index (χ4v) is 4.80. The fraction of sp³-hybridized carbons (Fsp3) is 0.345. The summed E-state index contributed by atoms with van der Waals surface area (Å²) < 4.78 is 4.61. The molecule has 7 heteroatoms. The van der Waals surface area contributed by atoms with Gasteiger partial charge in [-0.15, -0.1) is 0 Å². The standard InChI is InChI=1S/C29H34N4O3/c1-36-29(35)33-27-15-14-25(19-31-27)24-9-5-6-21(16-24)17-26(22-7-3-2-4-8-22)32-28(34)23-12-10-20(18-30)11-13-23/h2-9,14-16,19-20,23,26H,10-13,17-18,30H2,1H3,(H,32,34)(H,31,33,35). The lowest BCUT2D eigenvalue weighted by molar-refractivity contribution is -0.127. The number of anilines is 1. The van der Waals surface area contributed by atoms with Gasteiger partial charge in [0.2, 0.25) is 5.91 Å². The highest BCUT2D eigenvalue weighted by molar-refractivity contribution is 5.83. The molecule has 1 saturated carbocycles. The molecule has 1 aromatic heterocycles. The number of nitrogens with zero attached hydrogens (tertiary/aromatic N) is 1. The predicted octanol–water partition coefficient (Wildman–Crippen LogP) is 5.09. The average Bonchev–Trinajstić information content (AvgIpc) is 2.93. The van der Waals surface area contributed by atoms with Crippen LogP contribution >= 0.6 is 0 Å². The predicted molar refractivity (Wildman–Crippen MR) is 141 cm³/mol. The highest BCUT2D eigenvalue weighted by atomic mass is 16.5. The summed E-state index contributed by atoms with van der Waals surface area (Å²) in [6, 6.07) is 21.9. The fourth-order valence-electron chi connectivity index (χ4n) is 4.80. The minimum Gasteiger partial charge on any atom is -0.453 e.